The number of amides is 1. The number of hydrogen-bond acceptors (Lipinski definition) is 6. The van der Waals surface area contributed by atoms with Crippen LogP contribution in [0.1, 0.15) is 35.2 Å². The standard InChI is InChI=1S/C31H30N6O2/c1-21(25-5-3-2-4-6-25)35-30-27-17-28(36-31(27)34-20-33-30)26-14-11-24(12-15-26)19-32-18-23-9-7-22(8-10-23)13-16-29(38)37-39/h2-17,20-21,32,39H,18-19H2,1H3,(H,37,38)(H2,33,34,35,36). The fourth-order valence-corrected chi connectivity index (χ4v) is 4.35. The van der Waals surface area contributed by atoms with Gasteiger partial charge < -0.3 is 15.6 Å². The number of hydroxylamine groups is 1. The minimum Gasteiger partial charge on any atom is -0.363 e. The number of anilines is 1. The molecule has 0 spiro atoms. The molecule has 0 bridgehead atoms. The Morgan fingerprint density at radius 1 is 0.949 bits per heavy atom. The first-order valence-electron chi connectivity index (χ1n) is 12.8. The zero-order valence-electron chi connectivity index (χ0n) is 21.6. The van der Waals surface area contributed by atoms with Crippen molar-refractivity contribution in [1.82, 2.24) is 25.7 Å². The molecule has 2 heterocycles. The third kappa shape index (κ3) is 6.56. The summed E-state index contributed by atoms with van der Waals surface area (Å²) in [6.45, 7) is 3.58. The topological polar surface area (TPSA) is 115 Å². The molecule has 2 aromatic heterocycles. The van der Waals surface area contributed by atoms with E-state index in [2.05, 4.69) is 75.0 Å². The highest BCUT2D eigenvalue weighted by molar-refractivity contribution is 5.92. The molecule has 0 fully saturated rings. The lowest BCUT2D eigenvalue weighted by Crippen LogP contribution is -2.14. The van der Waals surface area contributed by atoms with Gasteiger partial charge in [-0.25, -0.2) is 15.4 Å². The molecule has 5 rings (SSSR count). The van der Waals surface area contributed by atoms with E-state index in [-0.39, 0.29) is 6.04 Å². The average Bonchev–Trinajstić information content (AvgIpc) is 3.43. The highest BCUT2D eigenvalue weighted by Crippen LogP contribution is 2.29. The number of H-pyrrole nitrogens is 1. The third-order valence-electron chi connectivity index (χ3n) is 6.52. The Balaban J connectivity index is 1.19. The lowest BCUT2D eigenvalue weighted by Gasteiger charge is -2.15. The molecule has 196 valence electrons. The van der Waals surface area contributed by atoms with Gasteiger partial charge in [0.15, 0.2) is 0 Å². The van der Waals surface area contributed by atoms with Crippen LogP contribution >= 0.6 is 0 Å². The molecule has 8 nitrogen and oxygen atoms in total. The van der Waals surface area contributed by atoms with Gasteiger partial charge in [-0.1, -0.05) is 78.9 Å². The van der Waals surface area contributed by atoms with Gasteiger partial charge in [-0.15, -0.1) is 0 Å². The Hall–Kier alpha value is -4.79. The van der Waals surface area contributed by atoms with E-state index in [4.69, 9.17) is 5.21 Å². The van der Waals surface area contributed by atoms with E-state index in [1.165, 1.54) is 17.2 Å². The van der Waals surface area contributed by atoms with Gasteiger partial charge in [0, 0.05) is 30.9 Å². The second kappa shape index (κ2) is 12.2. The summed E-state index contributed by atoms with van der Waals surface area (Å²) in [5, 5.41) is 16.5. The first-order valence-corrected chi connectivity index (χ1v) is 12.8. The number of carbonyl (C=O) groups excluding carboxylic acids is 1. The molecular weight excluding hydrogens is 488 g/mol. The monoisotopic (exact) mass is 518 g/mol. The molecule has 0 radical (unpaired) electrons. The van der Waals surface area contributed by atoms with Crippen LogP contribution in [0.15, 0.2) is 97.3 Å². The number of aromatic amines is 1. The highest BCUT2D eigenvalue weighted by atomic mass is 16.5. The summed E-state index contributed by atoms with van der Waals surface area (Å²) in [6, 6.07) is 28.9. The van der Waals surface area contributed by atoms with Gasteiger partial charge in [0.1, 0.15) is 17.8 Å². The molecule has 0 saturated heterocycles. The zero-order chi connectivity index (χ0) is 27.0. The number of nitrogens with one attached hydrogen (secondary N) is 4. The predicted octanol–water partition coefficient (Wildman–Crippen LogP) is 5.61. The Morgan fingerprint density at radius 3 is 2.33 bits per heavy atom. The predicted molar refractivity (Wildman–Crippen MR) is 154 cm³/mol. The number of carbonyl (C=O) groups is 1. The second-order valence-electron chi connectivity index (χ2n) is 9.30. The normalized spacial score (nSPS) is 12.1. The Kier molecular flexibility index (Phi) is 8.06. The van der Waals surface area contributed by atoms with Crippen LogP contribution in [0.3, 0.4) is 0 Å². The Bertz CT molecular complexity index is 1560. The number of nitrogens with zero attached hydrogens (tertiary/aromatic N) is 2. The third-order valence-corrected chi connectivity index (χ3v) is 6.52. The van der Waals surface area contributed by atoms with Crippen LogP contribution in [-0.4, -0.2) is 26.1 Å². The molecule has 5 aromatic rings. The van der Waals surface area contributed by atoms with E-state index in [0.29, 0.717) is 0 Å². The molecule has 0 aliphatic carbocycles. The van der Waals surface area contributed by atoms with Crippen molar-refractivity contribution >= 4 is 28.8 Å². The fourth-order valence-electron chi connectivity index (χ4n) is 4.35. The van der Waals surface area contributed by atoms with E-state index in [1.807, 2.05) is 42.5 Å². The summed E-state index contributed by atoms with van der Waals surface area (Å²) in [5.74, 6) is 0.250. The maximum Gasteiger partial charge on any atom is 0.267 e. The lowest BCUT2D eigenvalue weighted by atomic mass is 10.1. The van der Waals surface area contributed by atoms with Gasteiger partial charge in [0.2, 0.25) is 0 Å². The number of hydrogen-bond donors (Lipinski definition) is 5. The van der Waals surface area contributed by atoms with Gasteiger partial charge in [-0.3, -0.25) is 10.0 Å². The minimum atomic E-state index is -0.555. The van der Waals surface area contributed by atoms with Crippen LogP contribution in [0.2, 0.25) is 0 Å². The molecule has 5 N–H and O–H groups in total. The van der Waals surface area contributed by atoms with Gasteiger partial charge in [-0.05, 0) is 46.9 Å². The summed E-state index contributed by atoms with van der Waals surface area (Å²) >= 11 is 0. The van der Waals surface area contributed by atoms with Crippen LogP contribution in [0.4, 0.5) is 5.82 Å². The van der Waals surface area contributed by atoms with Crippen LogP contribution in [0.5, 0.6) is 0 Å². The molecular formula is C31H30N6O2. The van der Waals surface area contributed by atoms with Crippen molar-refractivity contribution in [3.63, 3.8) is 0 Å². The lowest BCUT2D eigenvalue weighted by molar-refractivity contribution is -0.124. The van der Waals surface area contributed by atoms with Crippen molar-refractivity contribution in [3.8, 4) is 11.3 Å². The first kappa shape index (κ1) is 25.8. The van der Waals surface area contributed by atoms with E-state index in [1.54, 1.807) is 17.9 Å². The summed E-state index contributed by atoms with van der Waals surface area (Å²) in [6.07, 6.45) is 4.51. The number of rotatable bonds is 10. The average molecular weight is 519 g/mol. The largest absolute Gasteiger partial charge is 0.363 e. The maximum absolute atomic E-state index is 11.1. The van der Waals surface area contributed by atoms with E-state index >= 15 is 0 Å². The van der Waals surface area contributed by atoms with E-state index in [9.17, 15) is 4.79 Å². The summed E-state index contributed by atoms with van der Waals surface area (Å²) in [5.41, 5.74) is 8.85. The van der Waals surface area contributed by atoms with Crippen molar-refractivity contribution in [1.29, 1.82) is 0 Å². The summed E-state index contributed by atoms with van der Waals surface area (Å²) in [7, 11) is 0. The highest BCUT2D eigenvalue weighted by Gasteiger charge is 2.12. The number of benzene rings is 3. The molecule has 39 heavy (non-hydrogen) atoms. The van der Waals surface area contributed by atoms with E-state index in [0.717, 1.165) is 52.3 Å². The van der Waals surface area contributed by atoms with Crippen LogP contribution in [-0.2, 0) is 17.9 Å². The van der Waals surface area contributed by atoms with E-state index < -0.39 is 5.91 Å². The Morgan fingerprint density at radius 2 is 1.64 bits per heavy atom. The molecule has 1 atom stereocenters. The quantitative estimate of drug-likeness (QED) is 0.0933. The Labute approximate surface area is 226 Å². The molecule has 0 aliphatic rings. The van der Waals surface area contributed by atoms with Crippen molar-refractivity contribution in [2.24, 2.45) is 0 Å². The van der Waals surface area contributed by atoms with Crippen LogP contribution in [0.25, 0.3) is 28.4 Å². The molecule has 1 unspecified atom stereocenters. The number of fused-ring (bicyclic) bond motifs is 1. The minimum absolute atomic E-state index is 0.115. The van der Waals surface area contributed by atoms with Crippen molar-refractivity contribution in [2.45, 2.75) is 26.1 Å². The van der Waals surface area contributed by atoms with Crippen molar-refractivity contribution < 1.29 is 10.0 Å². The second-order valence-corrected chi connectivity index (χ2v) is 9.30. The maximum atomic E-state index is 11.1. The zero-order valence-corrected chi connectivity index (χ0v) is 21.6. The van der Waals surface area contributed by atoms with Crippen LogP contribution in [0, 0.1) is 0 Å². The smallest absolute Gasteiger partial charge is 0.267 e. The van der Waals surface area contributed by atoms with Gasteiger partial charge >= 0.3 is 0 Å². The molecule has 1 amide bonds. The van der Waals surface area contributed by atoms with Crippen molar-refractivity contribution in [3.05, 3.63) is 120 Å². The molecule has 0 aliphatic heterocycles. The first-order chi connectivity index (χ1) is 19.1. The fraction of sp³-hybridized carbons (Fsp3) is 0.129. The molecule has 0 saturated carbocycles. The van der Waals surface area contributed by atoms with Crippen molar-refractivity contribution in [2.75, 3.05) is 5.32 Å². The molecule has 3 aromatic carbocycles. The SMILES string of the molecule is CC(Nc1ncnc2[nH]c(-c3ccc(CNCc4ccc(C=CC(=O)NO)cc4)cc3)cc12)c1ccccc1. The summed E-state index contributed by atoms with van der Waals surface area (Å²) < 4.78 is 0. The number of aromatic nitrogens is 3. The summed E-state index contributed by atoms with van der Waals surface area (Å²) in [4.78, 5) is 23.5. The molecule has 8 heteroatoms. The van der Waals surface area contributed by atoms with Gasteiger partial charge in [-0.2, -0.15) is 0 Å². The van der Waals surface area contributed by atoms with Gasteiger partial charge in [0.25, 0.3) is 5.91 Å². The van der Waals surface area contributed by atoms with Crippen LogP contribution < -0.4 is 16.1 Å². The van der Waals surface area contributed by atoms with Gasteiger partial charge in [0.05, 0.1) is 5.39 Å².